The van der Waals surface area contributed by atoms with Crippen LogP contribution in [0.3, 0.4) is 0 Å². The zero-order chi connectivity index (χ0) is 15.7. The zero-order valence-electron chi connectivity index (χ0n) is 13.6. The quantitative estimate of drug-likeness (QED) is 0.915. The van der Waals surface area contributed by atoms with Gasteiger partial charge in [0.25, 0.3) is 5.91 Å². The van der Waals surface area contributed by atoms with Gasteiger partial charge in [-0.3, -0.25) is 4.79 Å². The van der Waals surface area contributed by atoms with E-state index in [-0.39, 0.29) is 11.9 Å². The topological polar surface area (TPSA) is 48.1 Å². The number of carbonyl (C=O) groups is 1. The lowest BCUT2D eigenvalue weighted by molar-refractivity contribution is 0.0943. The van der Waals surface area contributed by atoms with E-state index < -0.39 is 0 Å². The molecule has 1 aliphatic rings. The summed E-state index contributed by atoms with van der Waals surface area (Å²) in [5.74, 6) is 0.598. The van der Waals surface area contributed by atoms with Gasteiger partial charge in [0.05, 0.1) is 0 Å². The maximum absolute atomic E-state index is 12.2. The third-order valence-electron chi connectivity index (χ3n) is 4.55. The van der Waals surface area contributed by atoms with Crippen LogP contribution in [-0.4, -0.2) is 42.0 Å². The van der Waals surface area contributed by atoms with Crippen molar-refractivity contribution in [1.82, 2.24) is 15.2 Å². The van der Waals surface area contributed by atoms with Gasteiger partial charge in [-0.1, -0.05) is 0 Å². The van der Waals surface area contributed by atoms with Gasteiger partial charge in [-0.2, -0.15) is 0 Å². The summed E-state index contributed by atoms with van der Waals surface area (Å²) in [5, 5.41) is 4.16. The average molecular weight is 299 g/mol. The molecule has 22 heavy (non-hydrogen) atoms. The molecule has 0 spiro atoms. The highest BCUT2D eigenvalue weighted by atomic mass is 16.1. The lowest BCUT2D eigenvalue weighted by Crippen LogP contribution is -2.30. The van der Waals surface area contributed by atoms with E-state index in [1.165, 1.54) is 23.8 Å². The van der Waals surface area contributed by atoms with Crippen LogP contribution in [0.15, 0.2) is 24.4 Å². The van der Waals surface area contributed by atoms with Crippen LogP contribution in [0.5, 0.6) is 0 Å². The minimum absolute atomic E-state index is 0.00688. The Morgan fingerprint density at radius 1 is 1.32 bits per heavy atom. The normalized spacial score (nSPS) is 17.3. The molecule has 1 saturated heterocycles. The molecule has 1 aromatic carbocycles. The number of benzene rings is 1. The van der Waals surface area contributed by atoms with Gasteiger partial charge in [-0.15, -0.1) is 0 Å². The Balaban J connectivity index is 1.90. The van der Waals surface area contributed by atoms with E-state index in [2.05, 4.69) is 28.4 Å². The predicted molar refractivity (Wildman–Crippen MR) is 90.4 cm³/mol. The van der Waals surface area contributed by atoms with Crippen molar-refractivity contribution < 1.29 is 4.79 Å². The number of hydrogen-bond acceptors (Lipinski definition) is 2. The molecule has 2 aromatic rings. The Kier molecular flexibility index (Phi) is 4.21. The Hall–Kier alpha value is -1.81. The van der Waals surface area contributed by atoms with Crippen LogP contribution in [0.1, 0.15) is 48.5 Å². The predicted octanol–water partition coefficient (Wildman–Crippen LogP) is 3.12. The molecule has 118 valence electrons. The van der Waals surface area contributed by atoms with Crippen molar-refractivity contribution in [3.8, 4) is 0 Å². The molecule has 1 aromatic heterocycles. The van der Waals surface area contributed by atoms with Crippen LogP contribution >= 0.6 is 0 Å². The van der Waals surface area contributed by atoms with Gasteiger partial charge in [0, 0.05) is 28.7 Å². The fourth-order valence-corrected chi connectivity index (χ4v) is 3.29. The Morgan fingerprint density at radius 3 is 2.73 bits per heavy atom. The third kappa shape index (κ3) is 3.02. The lowest BCUT2D eigenvalue weighted by atomic mass is 9.89. The van der Waals surface area contributed by atoms with Crippen LogP contribution in [0.2, 0.25) is 0 Å². The second-order valence-electron chi connectivity index (χ2n) is 6.71. The van der Waals surface area contributed by atoms with Crippen molar-refractivity contribution in [2.24, 2.45) is 0 Å². The summed E-state index contributed by atoms with van der Waals surface area (Å²) in [5.41, 5.74) is 3.23. The first kappa shape index (κ1) is 15.1. The van der Waals surface area contributed by atoms with E-state index in [4.69, 9.17) is 0 Å². The molecule has 2 heterocycles. The highest BCUT2D eigenvalue weighted by molar-refractivity contribution is 5.99. The standard InChI is InChI=1S/C18H25N3O/c1-12(2)20-18(22)14-4-5-17-15(10-14)16(11-19-17)13-6-8-21(3)9-7-13/h4-5,10-13,19H,6-9H2,1-3H3,(H,20,22). The average Bonchev–Trinajstić information content (AvgIpc) is 2.90. The lowest BCUT2D eigenvalue weighted by Gasteiger charge is -2.28. The van der Waals surface area contributed by atoms with Crippen LogP contribution in [-0.2, 0) is 0 Å². The summed E-state index contributed by atoms with van der Waals surface area (Å²) in [6.07, 6.45) is 4.50. The Morgan fingerprint density at radius 2 is 2.05 bits per heavy atom. The van der Waals surface area contributed by atoms with Crippen molar-refractivity contribution in [3.63, 3.8) is 0 Å². The van der Waals surface area contributed by atoms with Gasteiger partial charge in [0.1, 0.15) is 0 Å². The van der Waals surface area contributed by atoms with Crippen molar-refractivity contribution in [2.75, 3.05) is 20.1 Å². The smallest absolute Gasteiger partial charge is 0.251 e. The second kappa shape index (κ2) is 6.13. The van der Waals surface area contributed by atoms with Crippen LogP contribution in [0, 0.1) is 0 Å². The molecule has 1 aliphatic heterocycles. The van der Waals surface area contributed by atoms with E-state index >= 15 is 0 Å². The second-order valence-corrected chi connectivity index (χ2v) is 6.71. The summed E-state index contributed by atoms with van der Waals surface area (Å²) in [6.45, 7) is 6.25. The molecule has 0 bridgehead atoms. The molecule has 3 rings (SSSR count). The van der Waals surface area contributed by atoms with E-state index in [0.717, 1.165) is 24.2 Å². The number of rotatable bonds is 3. The summed E-state index contributed by atoms with van der Waals surface area (Å²) >= 11 is 0. The minimum Gasteiger partial charge on any atom is -0.361 e. The number of piperidine rings is 1. The van der Waals surface area contributed by atoms with Gasteiger partial charge < -0.3 is 15.2 Å². The molecule has 4 heteroatoms. The maximum Gasteiger partial charge on any atom is 0.251 e. The van der Waals surface area contributed by atoms with Gasteiger partial charge in [0.2, 0.25) is 0 Å². The molecule has 1 fully saturated rings. The van der Waals surface area contributed by atoms with E-state index in [9.17, 15) is 4.79 Å². The molecule has 0 radical (unpaired) electrons. The zero-order valence-corrected chi connectivity index (χ0v) is 13.6. The molecule has 0 saturated carbocycles. The molecule has 0 unspecified atom stereocenters. The monoisotopic (exact) mass is 299 g/mol. The van der Waals surface area contributed by atoms with Crippen molar-refractivity contribution in [3.05, 3.63) is 35.5 Å². The number of amides is 1. The van der Waals surface area contributed by atoms with E-state index in [1.54, 1.807) is 0 Å². The molecule has 0 aliphatic carbocycles. The minimum atomic E-state index is 0.00688. The number of aromatic amines is 1. The largest absolute Gasteiger partial charge is 0.361 e. The molecular formula is C18H25N3O. The van der Waals surface area contributed by atoms with Crippen molar-refractivity contribution in [1.29, 1.82) is 0 Å². The van der Waals surface area contributed by atoms with Crippen LogP contribution < -0.4 is 5.32 Å². The summed E-state index contributed by atoms with van der Waals surface area (Å²) < 4.78 is 0. The van der Waals surface area contributed by atoms with E-state index in [1.807, 2.05) is 32.0 Å². The third-order valence-corrected chi connectivity index (χ3v) is 4.55. The first-order chi connectivity index (χ1) is 10.5. The van der Waals surface area contributed by atoms with Crippen molar-refractivity contribution >= 4 is 16.8 Å². The molecular weight excluding hydrogens is 274 g/mol. The first-order valence-corrected chi connectivity index (χ1v) is 8.15. The number of fused-ring (bicyclic) bond motifs is 1. The Bertz CT molecular complexity index is 666. The molecule has 0 atom stereocenters. The fraction of sp³-hybridized carbons (Fsp3) is 0.500. The number of nitrogens with one attached hydrogen (secondary N) is 2. The summed E-state index contributed by atoms with van der Waals surface area (Å²) in [6, 6.07) is 6.11. The van der Waals surface area contributed by atoms with Gasteiger partial charge in [-0.25, -0.2) is 0 Å². The molecule has 2 N–H and O–H groups in total. The highest BCUT2D eigenvalue weighted by Gasteiger charge is 2.21. The van der Waals surface area contributed by atoms with Gasteiger partial charge in [0.15, 0.2) is 0 Å². The Labute approximate surface area is 131 Å². The maximum atomic E-state index is 12.2. The number of likely N-dealkylation sites (tertiary alicyclic amines) is 1. The summed E-state index contributed by atoms with van der Waals surface area (Å²) in [4.78, 5) is 18.0. The molecule has 4 nitrogen and oxygen atoms in total. The number of aromatic nitrogens is 1. The first-order valence-electron chi connectivity index (χ1n) is 8.15. The van der Waals surface area contributed by atoms with Crippen LogP contribution in [0.4, 0.5) is 0 Å². The number of nitrogens with zero attached hydrogens (tertiary/aromatic N) is 1. The summed E-state index contributed by atoms with van der Waals surface area (Å²) in [7, 11) is 2.18. The van der Waals surface area contributed by atoms with Crippen LogP contribution in [0.25, 0.3) is 10.9 Å². The van der Waals surface area contributed by atoms with Crippen molar-refractivity contribution in [2.45, 2.75) is 38.6 Å². The fourth-order valence-electron chi connectivity index (χ4n) is 3.29. The van der Waals surface area contributed by atoms with Gasteiger partial charge >= 0.3 is 0 Å². The number of carbonyl (C=O) groups excluding carboxylic acids is 1. The number of hydrogen-bond donors (Lipinski definition) is 2. The highest BCUT2D eigenvalue weighted by Crippen LogP contribution is 2.33. The number of H-pyrrole nitrogens is 1. The van der Waals surface area contributed by atoms with E-state index in [0.29, 0.717) is 5.92 Å². The molecule has 1 amide bonds. The van der Waals surface area contributed by atoms with Gasteiger partial charge in [-0.05, 0) is 76.5 Å². The SMILES string of the molecule is CC(C)NC(=O)c1ccc2[nH]cc(C3CCN(C)CC3)c2c1.